The van der Waals surface area contributed by atoms with Crippen LogP contribution >= 0.6 is 15.9 Å². The van der Waals surface area contributed by atoms with Gasteiger partial charge in [-0.05, 0) is 50.8 Å². The molecule has 1 atom stereocenters. The molecule has 1 aliphatic heterocycles. The molecule has 6 nitrogen and oxygen atoms in total. The molecule has 0 aliphatic carbocycles. The average Bonchev–Trinajstić information content (AvgIpc) is 3.02. The fourth-order valence-electron chi connectivity index (χ4n) is 3.23. The number of amides is 1. The summed E-state index contributed by atoms with van der Waals surface area (Å²) in [4.78, 5) is 27.0. The van der Waals surface area contributed by atoms with E-state index in [-0.39, 0.29) is 17.7 Å². The summed E-state index contributed by atoms with van der Waals surface area (Å²) in [6.07, 6.45) is 2.17. The number of nitrogens with zero attached hydrogens (tertiary/aromatic N) is 2. The Hall–Kier alpha value is -2.02. The van der Waals surface area contributed by atoms with Crippen molar-refractivity contribution in [2.75, 3.05) is 20.2 Å². The molecule has 2 heterocycles. The molecule has 3 rings (SSSR count). The van der Waals surface area contributed by atoms with E-state index in [9.17, 15) is 9.59 Å². The van der Waals surface area contributed by atoms with Gasteiger partial charge in [0.1, 0.15) is 11.4 Å². The molecular formula is C19H23BrN2O4. The lowest BCUT2D eigenvalue weighted by molar-refractivity contribution is 0.0289. The SMILES string of the molecule is COc1cc(Br)cc2ccn(C3CCN(C(=O)OC(C)(C)C)C3)c(=O)c12. The predicted molar refractivity (Wildman–Crippen MR) is 104 cm³/mol. The lowest BCUT2D eigenvalue weighted by atomic mass is 10.1. The van der Waals surface area contributed by atoms with Crippen molar-refractivity contribution < 1.29 is 14.3 Å². The summed E-state index contributed by atoms with van der Waals surface area (Å²) >= 11 is 3.43. The van der Waals surface area contributed by atoms with Gasteiger partial charge >= 0.3 is 6.09 Å². The van der Waals surface area contributed by atoms with Crippen molar-refractivity contribution in [2.24, 2.45) is 0 Å². The van der Waals surface area contributed by atoms with Gasteiger partial charge in [-0.15, -0.1) is 0 Å². The molecule has 2 aromatic rings. The first kappa shape index (κ1) is 18.8. The van der Waals surface area contributed by atoms with E-state index in [0.29, 0.717) is 30.6 Å². The van der Waals surface area contributed by atoms with Crippen LogP contribution in [-0.2, 0) is 4.74 Å². The van der Waals surface area contributed by atoms with E-state index >= 15 is 0 Å². The number of benzene rings is 1. The van der Waals surface area contributed by atoms with Gasteiger partial charge in [0.2, 0.25) is 0 Å². The zero-order valence-electron chi connectivity index (χ0n) is 15.4. The van der Waals surface area contributed by atoms with E-state index < -0.39 is 5.60 Å². The van der Waals surface area contributed by atoms with Gasteiger partial charge in [0.05, 0.1) is 18.5 Å². The van der Waals surface area contributed by atoms with Crippen LogP contribution in [0.4, 0.5) is 4.79 Å². The number of carbonyl (C=O) groups is 1. The summed E-state index contributed by atoms with van der Waals surface area (Å²) < 4.78 is 13.4. The number of hydrogen-bond donors (Lipinski definition) is 0. The number of pyridine rings is 1. The Morgan fingerprint density at radius 2 is 2.04 bits per heavy atom. The third-order valence-corrected chi connectivity index (χ3v) is 4.85. The number of fused-ring (bicyclic) bond motifs is 1. The molecule has 26 heavy (non-hydrogen) atoms. The standard InChI is InChI=1S/C19H23BrN2O4/c1-19(2,3)26-18(24)21-7-6-14(11-21)22-8-5-12-9-13(20)10-15(25-4)16(12)17(22)23/h5,8-10,14H,6-7,11H2,1-4H3. The Balaban J connectivity index is 1.90. The molecule has 0 radical (unpaired) electrons. The lowest BCUT2D eigenvalue weighted by Crippen LogP contribution is -2.36. The largest absolute Gasteiger partial charge is 0.496 e. The maximum absolute atomic E-state index is 13.0. The van der Waals surface area contributed by atoms with Crippen molar-refractivity contribution in [3.63, 3.8) is 0 Å². The number of carbonyl (C=O) groups excluding carboxylic acids is 1. The highest BCUT2D eigenvalue weighted by Crippen LogP contribution is 2.29. The number of hydrogen-bond acceptors (Lipinski definition) is 4. The zero-order valence-corrected chi connectivity index (χ0v) is 17.0. The van der Waals surface area contributed by atoms with E-state index in [1.165, 1.54) is 0 Å². The minimum atomic E-state index is -0.532. The van der Waals surface area contributed by atoms with E-state index in [2.05, 4.69) is 15.9 Å². The molecule has 1 fully saturated rings. The summed E-state index contributed by atoms with van der Waals surface area (Å²) in [6.45, 7) is 6.56. The van der Waals surface area contributed by atoms with E-state index in [1.54, 1.807) is 28.8 Å². The van der Waals surface area contributed by atoms with Gasteiger partial charge in [0, 0.05) is 23.8 Å². The van der Waals surface area contributed by atoms with Crippen LogP contribution in [0.25, 0.3) is 10.8 Å². The smallest absolute Gasteiger partial charge is 0.410 e. The minimum absolute atomic E-state index is 0.0761. The van der Waals surface area contributed by atoms with Crippen LogP contribution in [0.1, 0.15) is 33.2 Å². The molecular weight excluding hydrogens is 400 g/mol. The average molecular weight is 423 g/mol. The first-order valence-electron chi connectivity index (χ1n) is 8.56. The topological polar surface area (TPSA) is 60.8 Å². The van der Waals surface area contributed by atoms with Crippen LogP contribution in [0, 0.1) is 0 Å². The first-order chi connectivity index (χ1) is 12.2. The van der Waals surface area contributed by atoms with Crippen molar-refractivity contribution in [1.29, 1.82) is 0 Å². The fraction of sp³-hybridized carbons (Fsp3) is 0.474. The lowest BCUT2D eigenvalue weighted by Gasteiger charge is -2.24. The molecule has 0 spiro atoms. The molecule has 7 heteroatoms. The molecule has 1 saturated heterocycles. The summed E-state index contributed by atoms with van der Waals surface area (Å²) in [5, 5.41) is 1.37. The number of likely N-dealkylation sites (tertiary alicyclic amines) is 1. The maximum atomic E-state index is 13.0. The molecule has 1 aromatic heterocycles. The molecule has 140 valence electrons. The second-order valence-electron chi connectivity index (χ2n) is 7.47. The second kappa shape index (κ2) is 6.95. The summed E-state index contributed by atoms with van der Waals surface area (Å²) in [5.41, 5.74) is -0.640. The van der Waals surface area contributed by atoms with Crippen molar-refractivity contribution in [2.45, 2.75) is 38.8 Å². The predicted octanol–water partition coefficient (Wildman–Crippen LogP) is 3.95. The number of ether oxygens (including phenoxy) is 2. The van der Waals surface area contributed by atoms with Crippen molar-refractivity contribution in [1.82, 2.24) is 9.47 Å². The summed E-state index contributed by atoms with van der Waals surface area (Å²) in [7, 11) is 1.55. The minimum Gasteiger partial charge on any atom is -0.496 e. The number of methoxy groups -OCH3 is 1. The van der Waals surface area contributed by atoms with Gasteiger partial charge < -0.3 is 18.9 Å². The summed E-state index contributed by atoms with van der Waals surface area (Å²) in [6, 6.07) is 5.51. The van der Waals surface area contributed by atoms with Gasteiger partial charge in [-0.3, -0.25) is 4.79 Å². The van der Waals surface area contributed by atoms with Gasteiger partial charge in [-0.2, -0.15) is 0 Å². The van der Waals surface area contributed by atoms with Crippen molar-refractivity contribution in [3.8, 4) is 5.75 Å². The van der Waals surface area contributed by atoms with E-state index in [4.69, 9.17) is 9.47 Å². The number of halogens is 1. The van der Waals surface area contributed by atoms with Crippen LogP contribution < -0.4 is 10.3 Å². The molecule has 1 aliphatic rings. The molecule has 0 bridgehead atoms. The van der Waals surface area contributed by atoms with Crippen molar-refractivity contribution >= 4 is 32.8 Å². The Morgan fingerprint density at radius 1 is 1.31 bits per heavy atom. The highest BCUT2D eigenvalue weighted by molar-refractivity contribution is 9.10. The van der Waals surface area contributed by atoms with E-state index in [1.807, 2.05) is 32.9 Å². The molecule has 0 N–H and O–H groups in total. The van der Waals surface area contributed by atoms with Crippen molar-refractivity contribution in [3.05, 3.63) is 39.2 Å². The Kier molecular flexibility index (Phi) is 5.01. The summed E-state index contributed by atoms with van der Waals surface area (Å²) in [5.74, 6) is 0.538. The van der Waals surface area contributed by atoms with Gasteiger partial charge in [-0.25, -0.2) is 4.79 Å². The molecule has 0 saturated carbocycles. The van der Waals surface area contributed by atoms with Crippen LogP contribution in [0.15, 0.2) is 33.7 Å². The number of aromatic nitrogens is 1. The third-order valence-electron chi connectivity index (χ3n) is 4.39. The number of rotatable bonds is 2. The first-order valence-corrected chi connectivity index (χ1v) is 9.35. The molecule has 1 aromatic carbocycles. The Labute approximate surface area is 160 Å². The maximum Gasteiger partial charge on any atom is 0.410 e. The van der Waals surface area contributed by atoms with Gasteiger partial charge in [-0.1, -0.05) is 15.9 Å². The third kappa shape index (κ3) is 3.72. The Morgan fingerprint density at radius 3 is 2.69 bits per heavy atom. The Bertz CT molecular complexity index is 901. The monoisotopic (exact) mass is 422 g/mol. The molecule has 1 amide bonds. The van der Waals surface area contributed by atoms with Crippen LogP contribution in [0.3, 0.4) is 0 Å². The molecule has 1 unspecified atom stereocenters. The fourth-order valence-corrected chi connectivity index (χ4v) is 3.68. The van der Waals surface area contributed by atoms with Gasteiger partial charge in [0.15, 0.2) is 0 Å². The zero-order chi connectivity index (χ0) is 19.1. The second-order valence-corrected chi connectivity index (χ2v) is 8.38. The highest BCUT2D eigenvalue weighted by atomic mass is 79.9. The van der Waals surface area contributed by atoms with Gasteiger partial charge in [0.25, 0.3) is 5.56 Å². The van der Waals surface area contributed by atoms with Crippen LogP contribution in [0.5, 0.6) is 5.75 Å². The highest BCUT2D eigenvalue weighted by Gasteiger charge is 2.31. The van der Waals surface area contributed by atoms with E-state index in [0.717, 1.165) is 9.86 Å². The van der Waals surface area contributed by atoms with Crippen LogP contribution in [-0.4, -0.2) is 41.4 Å². The normalized spacial score (nSPS) is 17.6. The quantitative estimate of drug-likeness (QED) is 0.734. The van der Waals surface area contributed by atoms with Crippen LogP contribution in [0.2, 0.25) is 0 Å².